The third kappa shape index (κ3) is 2.37. The molecule has 4 rings (SSSR count). The maximum Gasteiger partial charge on any atom is 0.0599 e. The molecule has 0 spiro atoms. The van der Waals surface area contributed by atoms with Gasteiger partial charge >= 0.3 is 0 Å². The molecule has 0 aromatic heterocycles. The Kier molecular flexibility index (Phi) is 4.01. The Morgan fingerprint density at radius 1 is 1.22 bits per heavy atom. The Balaban J connectivity index is 1.67. The highest BCUT2D eigenvalue weighted by atomic mass is 16.3. The maximum absolute atomic E-state index is 10.8. The number of aryl methyl sites for hydroxylation is 1. The van der Waals surface area contributed by atoms with Gasteiger partial charge in [-0.05, 0) is 85.2 Å². The zero-order valence-electron chi connectivity index (χ0n) is 14.2. The molecule has 1 aromatic carbocycles. The van der Waals surface area contributed by atoms with E-state index in [-0.39, 0.29) is 18.1 Å². The highest BCUT2D eigenvalue weighted by molar-refractivity contribution is 5.35. The molecule has 2 saturated carbocycles. The molecule has 0 saturated heterocycles. The first-order valence-electron chi connectivity index (χ1n) is 9.52. The van der Waals surface area contributed by atoms with Gasteiger partial charge in [0.1, 0.15) is 0 Å². The van der Waals surface area contributed by atoms with E-state index < -0.39 is 0 Å². The second-order valence-electron chi connectivity index (χ2n) is 8.46. The van der Waals surface area contributed by atoms with Gasteiger partial charge in [0.25, 0.3) is 0 Å². The maximum atomic E-state index is 10.8. The molecule has 6 atom stereocenters. The van der Waals surface area contributed by atoms with Gasteiger partial charge in [0.2, 0.25) is 0 Å². The van der Waals surface area contributed by atoms with Gasteiger partial charge in [0.05, 0.1) is 6.10 Å². The van der Waals surface area contributed by atoms with Crippen LogP contribution in [-0.4, -0.2) is 22.9 Å². The van der Waals surface area contributed by atoms with Gasteiger partial charge in [-0.3, -0.25) is 0 Å². The van der Waals surface area contributed by atoms with E-state index in [9.17, 15) is 10.2 Å². The van der Waals surface area contributed by atoms with Gasteiger partial charge < -0.3 is 10.2 Å². The van der Waals surface area contributed by atoms with Crippen LogP contribution < -0.4 is 0 Å². The summed E-state index contributed by atoms with van der Waals surface area (Å²) in [5, 5.41) is 20.0. The van der Waals surface area contributed by atoms with Gasteiger partial charge in [-0.1, -0.05) is 31.2 Å². The minimum atomic E-state index is -0.144. The zero-order chi connectivity index (χ0) is 16.0. The fourth-order valence-corrected chi connectivity index (χ4v) is 6.43. The molecular formula is C21H30O2. The van der Waals surface area contributed by atoms with Crippen LogP contribution >= 0.6 is 0 Å². The third-order valence-electron chi connectivity index (χ3n) is 7.46. The molecule has 3 aliphatic rings. The number of hydrogen-bond donors (Lipinski definition) is 2. The molecule has 1 aromatic rings. The summed E-state index contributed by atoms with van der Waals surface area (Å²) in [5.74, 6) is 2.65. The van der Waals surface area contributed by atoms with E-state index in [0.717, 1.165) is 31.6 Å². The standard InChI is InChI=1S/C21H30O2/c1-21-11-10-17-16-7-3-2-5-14(16)8-9-18(17)20(21)15(6-4-12-22)13-19(21)23/h2-3,5,7,15,17-20,22-23H,4,6,8-13H2,1H3. The monoisotopic (exact) mass is 314 g/mol. The lowest BCUT2D eigenvalue weighted by Gasteiger charge is -2.51. The molecule has 2 heteroatoms. The van der Waals surface area contributed by atoms with Crippen LogP contribution in [0.1, 0.15) is 62.5 Å². The average Bonchev–Trinajstić information content (AvgIpc) is 2.83. The highest BCUT2D eigenvalue weighted by Crippen LogP contribution is 2.63. The van der Waals surface area contributed by atoms with Crippen molar-refractivity contribution in [3.05, 3.63) is 35.4 Å². The van der Waals surface area contributed by atoms with E-state index in [4.69, 9.17) is 0 Å². The fraction of sp³-hybridized carbons (Fsp3) is 0.714. The molecule has 126 valence electrons. The van der Waals surface area contributed by atoms with E-state index in [1.165, 1.54) is 19.3 Å². The zero-order valence-corrected chi connectivity index (χ0v) is 14.2. The van der Waals surface area contributed by atoms with Gasteiger partial charge in [0, 0.05) is 6.61 Å². The molecule has 2 fully saturated rings. The normalized spacial score (nSPS) is 42.0. The molecule has 0 amide bonds. The van der Waals surface area contributed by atoms with Crippen molar-refractivity contribution in [1.29, 1.82) is 0 Å². The van der Waals surface area contributed by atoms with Crippen molar-refractivity contribution in [2.45, 2.75) is 63.9 Å². The summed E-state index contributed by atoms with van der Waals surface area (Å²) in [6.45, 7) is 2.63. The van der Waals surface area contributed by atoms with Crippen molar-refractivity contribution in [1.82, 2.24) is 0 Å². The summed E-state index contributed by atoms with van der Waals surface area (Å²) in [6.07, 6.45) is 7.65. The second-order valence-corrected chi connectivity index (χ2v) is 8.46. The number of hydrogen-bond acceptors (Lipinski definition) is 2. The Labute approximate surface area is 139 Å². The molecule has 3 aliphatic carbocycles. The minimum absolute atomic E-state index is 0.105. The van der Waals surface area contributed by atoms with Crippen LogP contribution in [0.25, 0.3) is 0 Å². The lowest BCUT2D eigenvalue weighted by atomic mass is 9.54. The SMILES string of the molecule is CC12CCC3c4ccccc4CCC3C1C(CCCO)CC2O. The van der Waals surface area contributed by atoms with Gasteiger partial charge in [0.15, 0.2) is 0 Å². The third-order valence-corrected chi connectivity index (χ3v) is 7.46. The lowest BCUT2D eigenvalue weighted by Crippen LogP contribution is -2.45. The topological polar surface area (TPSA) is 40.5 Å². The van der Waals surface area contributed by atoms with Crippen LogP contribution in [0.5, 0.6) is 0 Å². The van der Waals surface area contributed by atoms with E-state index >= 15 is 0 Å². The summed E-state index contributed by atoms with van der Waals surface area (Å²) in [7, 11) is 0. The molecular weight excluding hydrogens is 284 g/mol. The summed E-state index contributed by atoms with van der Waals surface area (Å²) in [4.78, 5) is 0. The first-order valence-corrected chi connectivity index (χ1v) is 9.52. The Morgan fingerprint density at radius 2 is 2.04 bits per heavy atom. The van der Waals surface area contributed by atoms with E-state index in [0.29, 0.717) is 17.8 Å². The number of fused-ring (bicyclic) bond motifs is 5. The Bertz CT molecular complexity index is 569. The molecule has 0 bridgehead atoms. The van der Waals surface area contributed by atoms with Crippen LogP contribution in [0, 0.1) is 23.2 Å². The van der Waals surface area contributed by atoms with Crippen LogP contribution in [0.15, 0.2) is 24.3 Å². The van der Waals surface area contributed by atoms with Crippen molar-refractivity contribution >= 4 is 0 Å². The smallest absolute Gasteiger partial charge is 0.0599 e. The summed E-state index contributed by atoms with van der Waals surface area (Å²) >= 11 is 0. The molecule has 2 nitrogen and oxygen atoms in total. The van der Waals surface area contributed by atoms with Crippen LogP contribution in [-0.2, 0) is 6.42 Å². The van der Waals surface area contributed by atoms with Gasteiger partial charge in [-0.15, -0.1) is 0 Å². The van der Waals surface area contributed by atoms with Crippen LogP contribution in [0.3, 0.4) is 0 Å². The number of aliphatic hydroxyl groups is 2. The van der Waals surface area contributed by atoms with Crippen LogP contribution in [0.2, 0.25) is 0 Å². The number of benzene rings is 1. The van der Waals surface area contributed by atoms with Crippen LogP contribution in [0.4, 0.5) is 0 Å². The largest absolute Gasteiger partial charge is 0.396 e. The lowest BCUT2D eigenvalue weighted by molar-refractivity contribution is -0.0307. The van der Waals surface area contributed by atoms with E-state index in [1.807, 2.05) is 0 Å². The van der Waals surface area contributed by atoms with Crippen molar-refractivity contribution in [3.63, 3.8) is 0 Å². The van der Waals surface area contributed by atoms with Crippen molar-refractivity contribution in [3.8, 4) is 0 Å². The summed E-state index contributed by atoms with van der Waals surface area (Å²) in [6, 6.07) is 9.03. The van der Waals surface area contributed by atoms with E-state index in [2.05, 4.69) is 31.2 Å². The second kappa shape index (κ2) is 5.89. The van der Waals surface area contributed by atoms with Crippen molar-refractivity contribution in [2.24, 2.45) is 23.2 Å². The summed E-state index contributed by atoms with van der Waals surface area (Å²) in [5.41, 5.74) is 3.25. The number of aliphatic hydroxyl groups excluding tert-OH is 2. The first-order chi connectivity index (χ1) is 11.1. The molecule has 0 radical (unpaired) electrons. The molecule has 0 aliphatic heterocycles. The quantitative estimate of drug-likeness (QED) is 0.888. The van der Waals surface area contributed by atoms with Gasteiger partial charge in [-0.2, -0.15) is 0 Å². The highest BCUT2D eigenvalue weighted by Gasteiger charge is 2.57. The van der Waals surface area contributed by atoms with Gasteiger partial charge in [-0.25, -0.2) is 0 Å². The average molecular weight is 314 g/mol. The van der Waals surface area contributed by atoms with E-state index in [1.54, 1.807) is 11.1 Å². The molecule has 2 N–H and O–H groups in total. The minimum Gasteiger partial charge on any atom is -0.396 e. The Morgan fingerprint density at radius 3 is 2.87 bits per heavy atom. The van der Waals surface area contributed by atoms with Crippen molar-refractivity contribution in [2.75, 3.05) is 6.61 Å². The number of rotatable bonds is 3. The predicted octanol–water partition coefficient (Wildman–Crippen LogP) is 3.90. The molecule has 23 heavy (non-hydrogen) atoms. The predicted molar refractivity (Wildman–Crippen MR) is 92.3 cm³/mol. The summed E-state index contributed by atoms with van der Waals surface area (Å²) < 4.78 is 0. The Hall–Kier alpha value is -0.860. The molecule has 6 unspecified atom stereocenters. The first kappa shape index (κ1) is 15.7. The fourth-order valence-electron chi connectivity index (χ4n) is 6.43. The van der Waals surface area contributed by atoms with Crippen molar-refractivity contribution < 1.29 is 10.2 Å². The molecule has 0 heterocycles.